The topological polar surface area (TPSA) is 89.5 Å². The van der Waals surface area contributed by atoms with Gasteiger partial charge in [0.2, 0.25) is 0 Å². The normalized spacial score (nSPS) is 20.0. The molecule has 23 heavy (non-hydrogen) atoms. The zero-order valence-corrected chi connectivity index (χ0v) is 14.1. The van der Waals surface area contributed by atoms with Crippen LogP contribution in [0.1, 0.15) is 25.8 Å². The fraction of sp³-hybridized carbons (Fsp3) is 0.500. The number of sulfone groups is 1. The van der Waals surface area contributed by atoms with Gasteiger partial charge in [-0.1, -0.05) is 30.3 Å². The zero-order chi connectivity index (χ0) is 17.1. The number of carbonyl (C=O) groups excluding carboxylic acids is 2. The molecular formula is C16H21NO5S. The molecule has 2 rings (SSSR count). The number of carbonyl (C=O) groups is 2. The summed E-state index contributed by atoms with van der Waals surface area (Å²) in [5.74, 6) is -0.955. The third-order valence-electron chi connectivity index (χ3n) is 3.94. The quantitative estimate of drug-likeness (QED) is 0.802. The average molecular weight is 339 g/mol. The first kappa shape index (κ1) is 17.5. The highest BCUT2D eigenvalue weighted by Gasteiger charge is 2.33. The minimum Gasteiger partial charge on any atom is -0.455 e. The Bertz CT molecular complexity index is 682. The van der Waals surface area contributed by atoms with Gasteiger partial charge < -0.3 is 10.1 Å². The Morgan fingerprint density at radius 2 is 1.91 bits per heavy atom. The van der Waals surface area contributed by atoms with Crippen LogP contribution in [0.3, 0.4) is 0 Å². The first-order valence-electron chi connectivity index (χ1n) is 7.43. The van der Waals surface area contributed by atoms with Crippen molar-refractivity contribution in [2.75, 3.05) is 18.1 Å². The molecule has 1 heterocycles. The molecule has 0 radical (unpaired) electrons. The van der Waals surface area contributed by atoms with E-state index in [1.807, 2.05) is 30.3 Å². The molecule has 1 saturated heterocycles. The summed E-state index contributed by atoms with van der Waals surface area (Å²) < 4.78 is 27.8. The van der Waals surface area contributed by atoms with E-state index in [4.69, 9.17) is 4.74 Å². The van der Waals surface area contributed by atoms with Gasteiger partial charge in [-0.05, 0) is 25.8 Å². The van der Waals surface area contributed by atoms with E-state index in [1.165, 1.54) is 0 Å². The summed E-state index contributed by atoms with van der Waals surface area (Å²) in [5.41, 5.74) is -0.0644. The molecule has 1 atom stereocenters. The molecule has 1 aromatic rings. The van der Waals surface area contributed by atoms with Gasteiger partial charge in [-0.25, -0.2) is 8.42 Å². The van der Waals surface area contributed by atoms with E-state index in [0.29, 0.717) is 6.42 Å². The molecule has 0 aromatic heterocycles. The molecule has 1 aromatic carbocycles. The maximum Gasteiger partial charge on any atom is 0.316 e. The van der Waals surface area contributed by atoms with Crippen molar-refractivity contribution < 1.29 is 22.7 Å². The molecule has 0 unspecified atom stereocenters. The second kappa shape index (κ2) is 6.70. The van der Waals surface area contributed by atoms with Gasteiger partial charge in [0.05, 0.1) is 16.9 Å². The van der Waals surface area contributed by atoms with Crippen molar-refractivity contribution in [2.45, 2.75) is 31.7 Å². The van der Waals surface area contributed by atoms with E-state index in [-0.39, 0.29) is 11.5 Å². The molecular weight excluding hydrogens is 318 g/mol. The van der Waals surface area contributed by atoms with Crippen LogP contribution in [0.5, 0.6) is 0 Å². The van der Waals surface area contributed by atoms with Crippen LogP contribution >= 0.6 is 0 Å². The van der Waals surface area contributed by atoms with Crippen LogP contribution in [-0.2, 0) is 29.6 Å². The molecule has 1 aliphatic rings. The Kier molecular flexibility index (Phi) is 5.09. The Hall–Kier alpha value is -1.89. The van der Waals surface area contributed by atoms with Crippen LogP contribution in [-0.4, -0.2) is 44.4 Å². The SMILES string of the molecule is CC(C)(C(=O)OCC(=O)N[C@@H]1CCS(=O)(=O)C1)c1ccccc1. The highest BCUT2D eigenvalue weighted by molar-refractivity contribution is 7.91. The van der Waals surface area contributed by atoms with Crippen LogP contribution in [0.25, 0.3) is 0 Å². The van der Waals surface area contributed by atoms with E-state index in [0.717, 1.165) is 5.56 Å². The molecule has 7 heteroatoms. The van der Waals surface area contributed by atoms with Gasteiger partial charge in [-0.2, -0.15) is 0 Å². The minimum absolute atomic E-state index is 0.0534. The highest BCUT2D eigenvalue weighted by Crippen LogP contribution is 2.24. The third-order valence-corrected chi connectivity index (χ3v) is 5.71. The largest absolute Gasteiger partial charge is 0.455 e. The number of benzene rings is 1. The second-order valence-electron chi connectivity index (χ2n) is 6.23. The molecule has 1 N–H and O–H groups in total. The third kappa shape index (κ3) is 4.54. The molecule has 0 saturated carbocycles. The molecule has 6 nitrogen and oxygen atoms in total. The highest BCUT2D eigenvalue weighted by atomic mass is 32.2. The smallest absolute Gasteiger partial charge is 0.316 e. The van der Waals surface area contributed by atoms with Crippen LogP contribution in [0.15, 0.2) is 30.3 Å². The van der Waals surface area contributed by atoms with Crippen molar-refractivity contribution in [3.8, 4) is 0 Å². The summed E-state index contributed by atoms with van der Waals surface area (Å²) in [6.45, 7) is 3.05. The van der Waals surface area contributed by atoms with E-state index < -0.39 is 39.8 Å². The Labute approximate surface area is 136 Å². The van der Waals surface area contributed by atoms with Crippen molar-refractivity contribution >= 4 is 21.7 Å². The van der Waals surface area contributed by atoms with E-state index in [9.17, 15) is 18.0 Å². The van der Waals surface area contributed by atoms with Crippen molar-refractivity contribution in [1.29, 1.82) is 0 Å². The number of hydrogen-bond acceptors (Lipinski definition) is 5. The van der Waals surface area contributed by atoms with Gasteiger partial charge in [-0.15, -0.1) is 0 Å². The Balaban J connectivity index is 1.85. The molecule has 0 spiro atoms. The van der Waals surface area contributed by atoms with E-state index >= 15 is 0 Å². The maximum absolute atomic E-state index is 12.2. The molecule has 1 amide bonds. The first-order valence-corrected chi connectivity index (χ1v) is 9.25. The second-order valence-corrected chi connectivity index (χ2v) is 8.46. The van der Waals surface area contributed by atoms with Crippen LogP contribution < -0.4 is 5.32 Å². The number of rotatable bonds is 5. The predicted octanol–water partition coefficient (Wildman–Crippen LogP) is 0.811. The van der Waals surface area contributed by atoms with Crippen molar-refractivity contribution in [1.82, 2.24) is 5.32 Å². The summed E-state index contributed by atoms with van der Waals surface area (Å²) in [6, 6.07) is 8.77. The van der Waals surface area contributed by atoms with Crippen molar-refractivity contribution in [3.05, 3.63) is 35.9 Å². The molecule has 0 bridgehead atoms. The fourth-order valence-corrected chi connectivity index (χ4v) is 4.14. The van der Waals surface area contributed by atoms with Crippen LogP contribution in [0.2, 0.25) is 0 Å². The van der Waals surface area contributed by atoms with Gasteiger partial charge in [0, 0.05) is 6.04 Å². The maximum atomic E-state index is 12.2. The molecule has 1 aliphatic heterocycles. The van der Waals surface area contributed by atoms with Crippen molar-refractivity contribution in [2.24, 2.45) is 0 Å². The summed E-state index contributed by atoms with van der Waals surface area (Å²) in [7, 11) is -3.05. The van der Waals surface area contributed by atoms with Crippen LogP contribution in [0.4, 0.5) is 0 Å². The number of hydrogen-bond donors (Lipinski definition) is 1. The number of amides is 1. The lowest BCUT2D eigenvalue weighted by molar-refractivity contribution is -0.153. The lowest BCUT2D eigenvalue weighted by atomic mass is 9.85. The lowest BCUT2D eigenvalue weighted by Crippen LogP contribution is -2.40. The summed E-state index contributed by atoms with van der Waals surface area (Å²) in [5, 5.41) is 2.59. The fourth-order valence-electron chi connectivity index (χ4n) is 2.46. The van der Waals surface area contributed by atoms with Gasteiger partial charge in [0.25, 0.3) is 5.91 Å². The standard InChI is InChI=1S/C16H21NO5S/c1-16(2,12-6-4-3-5-7-12)15(19)22-10-14(18)17-13-8-9-23(20,21)11-13/h3-7,13H,8-11H2,1-2H3,(H,17,18)/t13-/m1/s1. The Morgan fingerprint density at radius 3 is 2.48 bits per heavy atom. The summed E-state index contributed by atoms with van der Waals surface area (Å²) in [4.78, 5) is 24.0. The Morgan fingerprint density at radius 1 is 1.26 bits per heavy atom. The van der Waals surface area contributed by atoms with Crippen molar-refractivity contribution in [3.63, 3.8) is 0 Å². The number of ether oxygens (including phenoxy) is 1. The molecule has 1 fully saturated rings. The predicted molar refractivity (Wildman–Crippen MR) is 85.6 cm³/mol. The molecule has 126 valence electrons. The average Bonchev–Trinajstić information content (AvgIpc) is 2.84. The monoisotopic (exact) mass is 339 g/mol. The van der Waals surface area contributed by atoms with Gasteiger partial charge in [0.1, 0.15) is 0 Å². The zero-order valence-electron chi connectivity index (χ0n) is 13.2. The molecule has 0 aliphatic carbocycles. The van der Waals surface area contributed by atoms with E-state index in [1.54, 1.807) is 13.8 Å². The van der Waals surface area contributed by atoms with Crippen LogP contribution in [0, 0.1) is 0 Å². The van der Waals surface area contributed by atoms with E-state index in [2.05, 4.69) is 5.32 Å². The van der Waals surface area contributed by atoms with Gasteiger partial charge in [-0.3, -0.25) is 9.59 Å². The lowest BCUT2D eigenvalue weighted by Gasteiger charge is -2.23. The number of nitrogens with one attached hydrogen (secondary N) is 1. The first-order chi connectivity index (χ1) is 10.7. The van der Waals surface area contributed by atoms with Gasteiger partial charge in [0.15, 0.2) is 16.4 Å². The summed E-state index contributed by atoms with van der Waals surface area (Å²) >= 11 is 0. The summed E-state index contributed by atoms with van der Waals surface area (Å²) in [6.07, 6.45) is 0.400. The number of esters is 1. The minimum atomic E-state index is -3.05. The van der Waals surface area contributed by atoms with Gasteiger partial charge >= 0.3 is 5.97 Å².